The number of hydrogen-bond donors (Lipinski definition) is 3. The number of alkyl halides is 2. The van der Waals surface area contributed by atoms with Crippen LogP contribution in [0.1, 0.15) is 25.7 Å². The predicted molar refractivity (Wildman–Crippen MR) is 68.1 cm³/mol. The number of carbonyl (C=O) groups is 2. The molecule has 0 aromatic rings. The SMILES string of the molecule is NS(=O)(=O)C(CCC(=O)N1CCCC(F)(F)C1)NC(=O)O. The number of amides is 2. The molecular formula is C10H17F2N3O5S. The van der Waals surface area contributed by atoms with Crippen molar-refractivity contribution >= 4 is 22.0 Å². The van der Waals surface area contributed by atoms with Crippen LogP contribution in [0.3, 0.4) is 0 Å². The van der Waals surface area contributed by atoms with Crippen molar-refractivity contribution in [3.8, 4) is 0 Å². The quantitative estimate of drug-likeness (QED) is 0.649. The van der Waals surface area contributed by atoms with E-state index in [1.807, 2.05) is 0 Å². The lowest BCUT2D eigenvalue weighted by atomic mass is 10.1. The zero-order valence-electron chi connectivity index (χ0n) is 11.1. The predicted octanol–water partition coefficient (Wildman–Crippen LogP) is -0.0935. The molecule has 1 fully saturated rings. The minimum absolute atomic E-state index is 0.157. The van der Waals surface area contributed by atoms with Gasteiger partial charge < -0.3 is 15.3 Å². The molecule has 0 aromatic heterocycles. The standard InChI is InChI=1S/C10H17F2N3O5S/c11-10(12)4-1-5-15(6-10)8(16)3-2-7(14-9(17)18)21(13,19)20/h7,14H,1-6H2,(H,17,18)(H2,13,19,20). The number of sulfonamides is 1. The average Bonchev–Trinajstić information content (AvgIpc) is 2.31. The monoisotopic (exact) mass is 329 g/mol. The summed E-state index contributed by atoms with van der Waals surface area (Å²) in [6.07, 6.45) is -2.54. The summed E-state index contributed by atoms with van der Waals surface area (Å²) in [7, 11) is -4.22. The fourth-order valence-corrected chi connectivity index (χ4v) is 2.76. The Balaban J connectivity index is 2.59. The molecule has 21 heavy (non-hydrogen) atoms. The fourth-order valence-electron chi connectivity index (χ4n) is 2.05. The Morgan fingerprint density at radius 1 is 1.43 bits per heavy atom. The van der Waals surface area contributed by atoms with E-state index in [0.29, 0.717) is 0 Å². The normalized spacial score (nSPS) is 19.9. The number of hydrogen-bond acceptors (Lipinski definition) is 4. The van der Waals surface area contributed by atoms with Crippen LogP contribution in [0.4, 0.5) is 13.6 Å². The van der Waals surface area contributed by atoms with E-state index < -0.39 is 52.7 Å². The summed E-state index contributed by atoms with van der Waals surface area (Å²) in [5, 5.41) is 13.4. The molecule has 1 atom stereocenters. The third-order valence-corrected chi connectivity index (χ3v) is 4.19. The Hall–Kier alpha value is -1.49. The number of primary sulfonamides is 1. The number of piperidine rings is 1. The lowest BCUT2D eigenvalue weighted by Crippen LogP contribution is -2.47. The van der Waals surface area contributed by atoms with Crippen molar-refractivity contribution in [3.63, 3.8) is 0 Å². The topological polar surface area (TPSA) is 130 Å². The second kappa shape index (κ2) is 6.52. The van der Waals surface area contributed by atoms with E-state index >= 15 is 0 Å². The molecule has 4 N–H and O–H groups in total. The molecule has 0 bridgehead atoms. The molecule has 1 unspecified atom stereocenters. The zero-order valence-corrected chi connectivity index (χ0v) is 11.9. The molecule has 2 amide bonds. The molecule has 1 saturated heterocycles. The maximum absolute atomic E-state index is 13.2. The van der Waals surface area contributed by atoms with Crippen LogP contribution in [0.5, 0.6) is 0 Å². The average molecular weight is 329 g/mol. The molecule has 0 radical (unpaired) electrons. The van der Waals surface area contributed by atoms with Crippen LogP contribution in [-0.4, -0.2) is 54.8 Å². The highest BCUT2D eigenvalue weighted by atomic mass is 32.2. The van der Waals surface area contributed by atoms with Crippen molar-refractivity contribution in [1.29, 1.82) is 0 Å². The second-order valence-corrected chi connectivity index (χ2v) is 6.59. The molecule has 0 aromatic carbocycles. The summed E-state index contributed by atoms with van der Waals surface area (Å²) in [5.74, 6) is -3.61. The van der Waals surface area contributed by atoms with Gasteiger partial charge in [0.05, 0.1) is 6.54 Å². The minimum Gasteiger partial charge on any atom is -0.465 e. The van der Waals surface area contributed by atoms with Gasteiger partial charge in [-0.25, -0.2) is 27.1 Å². The van der Waals surface area contributed by atoms with Gasteiger partial charge in [0.2, 0.25) is 15.9 Å². The molecule has 122 valence electrons. The van der Waals surface area contributed by atoms with Crippen molar-refractivity contribution in [2.75, 3.05) is 13.1 Å². The Morgan fingerprint density at radius 2 is 2.05 bits per heavy atom. The Kier molecular flexibility index (Phi) is 5.45. The largest absolute Gasteiger partial charge is 0.465 e. The first-order valence-corrected chi connectivity index (χ1v) is 7.79. The molecular weight excluding hydrogens is 312 g/mol. The van der Waals surface area contributed by atoms with E-state index in [9.17, 15) is 26.8 Å². The summed E-state index contributed by atoms with van der Waals surface area (Å²) >= 11 is 0. The number of halogens is 2. The maximum Gasteiger partial charge on any atom is 0.405 e. The smallest absolute Gasteiger partial charge is 0.405 e. The van der Waals surface area contributed by atoms with Crippen molar-refractivity contribution in [3.05, 3.63) is 0 Å². The number of nitrogens with one attached hydrogen (secondary N) is 1. The first-order valence-electron chi connectivity index (χ1n) is 6.18. The summed E-state index contributed by atoms with van der Waals surface area (Å²) in [5.41, 5.74) is 0. The van der Waals surface area contributed by atoms with Gasteiger partial charge in [0, 0.05) is 19.4 Å². The van der Waals surface area contributed by atoms with Crippen LogP contribution in [0, 0.1) is 0 Å². The minimum atomic E-state index is -4.22. The molecule has 1 rings (SSSR count). The third-order valence-electron chi connectivity index (χ3n) is 3.05. The highest BCUT2D eigenvalue weighted by Gasteiger charge is 2.37. The fraction of sp³-hybridized carbons (Fsp3) is 0.800. The van der Waals surface area contributed by atoms with Crippen molar-refractivity contribution in [2.45, 2.75) is 37.0 Å². The number of nitrogens with two attached hydrogens (primary N) is 1. The first kappa shape index (κ1) is 17.6. The Labute approximate surface area is 120 Å². The van der Waals surface area contributed by atoms with Crippen molar-refractivity contribution in [1.82, 2.24) is 10.2 Å². The summed E-state index contributed by atoms with van der Waals surface area (Å²) < 4.78 is 48.7. The summed E-state index contributed by atoms with van der Waals surface area (Å²) in [6.45, 7) is -0.543. The maximum atomic E-state index is 13.2. The highest BCUT2D eigenvalue weighted by molar-refractivity contribution is 7.89. The zero-order chi connectivity index (χ0) is 16.3. The molecule has 1 aliphatic rings. The van der Waals surface area contributed by atoms with Crippen LogP contribution >= 0.6 is 0 Å². The van der Waals surface area contributed by atoms with E-state index in [-0.39, 0.29) is 19.4 Å². The van der Waals surface area contributed by atoms with Crippen LogP contribution in [0.2, 0.25) is 0 Å². The lowest BCUT2D eigenvalue weighted by Gasteiger charge is -2.32. The van der Waals surface area contributed by atoms with Gasteiger partial charge in [0.1, 0.15) is 5.37 Å². The van der Waals surface area contributed by atoms with Gasteiger partial charge in [-0.3, -0.25) is 4.79 Å². The van der Waals surface area contributed by atoms with E-state index in [2.05, 4.69) is 0 Å². The third kappa shape index (κ3) is 5.79. The number of carbonyl (C=O) groups excluding carboxylic acids is 1. The lowest BCUT2D eigenvalue weighted by molar-refractivity contribution is -0.141. The van der Waals surface area contributed by atoms with Gasteiger partial charge in [-0.05, 0) is 12.8 Å². The second-order valence-electron chi connectivity index (χ2n) is 4.84. The van der Waals surface area contributed by atoms with E-state index in [0.717, 1.165) is 4.90 Å². The number of nitrogens with zero attached hydrogens (tertiary/aromatic N) is 1. The van der Waals surface area contributed by atoms with Crippen molar-refractivity contribution in [2.24, 2.45) is 5.14 Å². The molecule has 0 saturated carbocycles. The highest BCUT2D eigenvalue weighted by Crippen LogP contribution is 2.27. The van der Waals surface area contributed by atoms with Crippen LogP contribution < -0.4 is 10.5 Å². The molecule has 1 aliphatic heterocycles. The van der Waals surface area contributed by atoms with Crippen LogP contribution in [0.15, 0.2) is 0 Å². The molecule has 1 heterocycles. The Bertz CT molecular complexity index is 511. The summed E-state index contributed by atoms with van der Waals surface area (Å²) in [4.78, 5) is 23.2. The van der Waals surface area contributed by atoms with Gasteiger partial charge in [-0.1, -0.05) is 0 Å². The van der Waals surface area contributed by atoms with E-state index in [1.165, 1.54) is 0 Å². The van der Waals surface area contributed by atoms with Gasteiger partial charge in [0.25, 0.3) is 5.92 Å². The molecule has 11 heteroatoms. The number of rotatable bonds is 5. The van der Waals surface area contributed by atoms with Gasteiger partial charge in [0.15, 0.2) is 0 Å². The summed E-state index contributed by atoms with van der Waals surface area (Å²) in [6, 6.07) is 0. The number of carboxylic acid groups (broad SMARTS) is 1. The van der Waals surface area contributed by atoms with Gasteiger partial charge in [-0.15, -0.1) is 0 Å². The molecule has 0 aliphatic carbocycles. The number of likely N-dealkylation sites (tertiary alicyclic amines) is 1. The Morgan fingerprint density at radius 3 is 2.52 bits per heavy atom. The molecule has 0 spiro atoms. The molecule has 8 nitrogen and oxygen atoms in total. The van der Waals surface area contributed by atoms with Gasteiger partial charge >= 0.3 is 6.09 Å². The van der Waals surface area contributed by atoms with E-state index in [1.54, 1.807) is 5.32 Å². The van der Waals surface area contributed by atoms with Gasteiger partial charge in [-0.2, -0.15) is 0 Å². The van der Waals surface area contributed by atoms with Crippen LogP contribution in [-0.2, 0) is 14.8 Å². The van der Waals surface area contributed by atoms with Crippen LogP contribution in [0.25, 0.3) is 0 Å². The van der Waals surface area contributed by atoms with E-state index in [4.69, 9.17) is 10.2 Å². The van der Waals surface area contributed by atoms with Crippen molar-refractivity contribution < 1.29 is 31.9 Å². The first-order chi connectivity index (χ1) is 9.51.